The fraction of sp³-hybridized carbons (Fsp3) is 0.923. The molecule has 1 heterocycles. The summed E-state index contributed by atoms with van der Waals surface area (Å²) in [6, 6.07) is 0.102. The molecule has 3 N–H and O–H groups in total. The van der Waals surface area contributed by atoms with Gasteiger partial charge in [-0.25, -0.2) is 0 Å². The van der Waals surface area contributed by atoms with Gasteiger partial charge >= 0.3 is 0 Å². The maximum Gasteiger partial charge on any atom is 0.280 e. The van der Waals surface area contributed by atoms with Crippen LogP contribution in [0.15, 0.2) is 0 Å². The maximum absolute atomic E-state index is 12.1. The van der Waals surface area contributed by atoms with E-state index in [1.807, 2.05) is 11.8 Å². The van der Waals surface area contributed by atoms with Crippen molar-refractivity contribution in [1.29, 1.82) is 0 Å². The van der Waals surface area contributed by atoms with Crippen LogP contribution in [0.5, 0.6) is 0 Å². The van der Waals surface area contributed by atoms with Gasteiger partial charge in [0.25, 0.3) is 5.91 Å². The summed E-state index contributed by atoms with van der Waals surface area (Å²) in [7, 11) is 4.34. The van der Waals surface area contributed by atoms with Crippen LogP contribution in [0, 0.1) is 0 Å². The fourth-order valence-electron chi connectivity index (χ4n) is 2.33. The molecule has 0 bridgehead atoms. The van der Waals surface area contributed by atoms with Crippen molar-refractivity contribution in [3.05, 3.63) is 0 Å². The SMILES string of the molecule is C[C@H]([NH2+]CCC[NH+](C)C)C(=O)N1CCCCC1. The highest BCUT2D eigenvalue weighted by Gasteiger charge is 2.23. The first kappa shape index (κ1) is 14.5. The van der Waals surface area contributed by atoms with E-state index in [1.165, 1.54) is 37.1 Å². The van der Waals surface area contributed by atoms with Crippen LogP contribution in [0.3, 0.4) is 0 Å². The molecule has 0 unspecified atom stereocenters. The molecule has 1 amide bonds. The molecule has 1 aliphatic rings. The Morgan fingerprint density at radius 2 is 1.94 bits per heavy atom. The van der Waals surface area contributed by atoms with Gasteiger partial charge in [0, 0.05) is 19.5 Å². The molecule has 1 aliphatic heterocycles. The Hall–Kier alpha value is -0.610. The van der Waals surface area contributed by atoms with Gasteiger partial charge in [0.05, 0.1) is 27.2 Å². The van der Waals surface area contributed by atoms with E-state index >= 15 is 0 Å². The normalized spacial score (nSPS) is 18.5. The summed E-state index contributed by atoms with van der Waals surface area (Å²) in [6.45, 7) is 6.23. The van der Waals surface area contributed by atoms with Crippen molar-refractivity contribution in [2.75, 3.05) is 40.3 Å². The zero-order chi connectivity index (χ0) is 12.7. The first-order valence-electron chi connectivity index (χ1n) is 7.02. The van der Waals surface area contributed by atoms with Gasteiger partial charge in [0.15, 0.2) is 6.04 Å². The first-order chi connectivity index (χ1) is 8.11. The molecule has 0 saturated carbocycles. The fourth-order valence-corrected chi connectivity index (χ4v) is 2.33. The summed E-state index contributed by atoms with van der Waals surface area (Å²) in [5, 5.41) is 2.19. The predicted octanol–water partition coefficient (Wildman–Crippen LogP) is -1.51. The number of piperidine rings is 1. The van der Waals surface area contributed by atoms with Gasteiger partial charge in [-0.15, -0.1) is 0 Å². The van der Waals surface area contributed by atoms with Crippen molar-refractivity contribution in [3.8, 4) is 0 Å². The molecule has 100 valence electrons. The molecular formula is C13H29N3O+2. The Kier molecular flexibility index (Phi) is 6.52. The molecule has 0 aromatic rings. The summed E-state index contributed by atoms with van der Waals surface area (Å²) in [5.74, 6) is 0.335. The van der Waals surface area contributed by atoms with Gasteiger partial charge in [0.1, 0.15) is 0 Å². The van der Waals surface area contributed by atoms with Crippen LogP contribution in [0.2, 0.25) is 0 Å². The van der Waals surface area contributed by atoms with Gasteiger partial charge in [-0.05, 0) is 26.2 Å². The number of amides is 1. The Morgan fingerprint density at radius 1 is 1.29 bits per heavy atom. The second-order valence-corrected chi connectivity index (χ2v) is 5.51. The third-order valence-corrected chi connectivity index (χ3v) is 3.46. The Bertz CT molecular complexity index is 225. The van der Waals surface area contributed by atoms with Gasteiger partial charge in [-0.2, -0.15) is 0 Å². The number of carbonyl (C=O) groups is 1. The van der Waals surface area contributed by atoms with Crippen molar-refractivity contribution in [2.24, 2.45) is 0 Å². The predicted molar refractivity (Wildman–Crippen MR) is 69.0 cm³/mol. The van der Waals surface area contributed by atoms with E-state index < -0.39 is 0 Å². The molecule has 0 aliphatic carbocycles. The Labute approximate surface area is 105 Å². The average molecular weight is 243 g/mol. The number of rotatable bonds is 6. The molecule has 1 atom stereocenters. The van der Waals surface area contributed by atoms with Gasteiger partial charge < -0.3 is 15.1 Å². The number of nitrogens with two attached hydrogens (primary N) is 1. The number of quaternary nitrogens is 2. The molecule has 0 aromatic carbocycles. The van der Waals surface area contributed by atoms with Crippen LogP contribution < -0.4 is 10.2 Å². The largest absolute Gasteiger partial charge is 0.340 e. The number of nitrogens with one attached hydrogen (secondary N) is 1. The highest BCUT2D eigenvalue weighted by molar-refractivity contribution is 5.80. The summed E-state index contributed by atoms with van der Waals surface area (Å²) >= 11 is 0. The lowest BCUT2D eigenvalue weighted by atomic mass is 10.1. The van der Waals surface area contributed by atoms with Crippen molar-refractivity contribution in [1.82, 2.24) is 4.90 Å². The minimum Gasteiger partial charge on any atom is -0.340 e. The number of hydrogen-bond acceptors (Lipinski definition) is 1. The van der Waals surface area contributed by atoms with Gasteiger partial charge in [-0.1, -0.05) is 0 Å². The highest BCUT2D eigenvalue weighted by Crippen LogP contribution is 2.08. The molecule has 1 rings (SSSR count). The van der Waals surface area contributed by atoms with E-state index in [1.54, 1.807) is 0 Å². The summed E-state index contributed by atoms with van der Waals surface area (Å²) < 4.78 is 0. The molecule has 0 aromatic heterocycles. The van der Waals surface area contributed by atoms with E-state index in [9.17, 15) is 4.79 Å². The van der Waals surface area contributed by atoms with E-state index in [4.69, 9.17) is 0 Å². The summed E-state index contributed by atoms with van der Waals surface area (Å²) in [4.78, 5) is 15.6. The molecule has 0 spiro atoms. The van der Waals surface area contributed by atoms with E-state index in [0.29, 0.717) is 5.91 Å². The molecular weight excluding hydrogens is 214 g/mol. The van der Waals surface area contributed by atoms with Crippen molar-refractivity contribution < 1.29 is 15.0 Å². The second-order valence-electron chi connectivity index (χ2n) is 5.51. The van der Waals surface area contributed by atoms with E-state index in [0.717, 1.165) is 19.6 Å². The minimum absolute atomic E-state index is 0.102. The number of hydrogen-bond donors (Lipinski definition) is 2. The highest BCUT2D eigenvalue weighted by atomic mass is 16.2. The summed E-state index contributed by atoms with van der Waals surface area (Å²) in [6.07, 6.45) is 4.83. The van der Waals surface area contributed by atoms with Crippen LogP contribution in [0.4, 0.5) is 0 Å². The lowest BCUT2D eigenvalue weighted by Gasteiger charge is -2.28. The molecule has 4 nitrogen and oxygen atoms in total. The second kappa shape index (κ2) is 7.67. The van der Waals surface area contributed by atoms with Crippen molar-refractivity contribution in [2.45, 2.75) is 38.6 Å². The number of nitrogens with zero attached hydrogens (tertiary/aromatic N) is 1. The smallest absolute Gasteiger partial charge is 0.280 e. The third kappa shape index (κ3) is 5.50. The zero-order valence-corrected chi connectivity index (χ0v) is 11.7. The number of carbonyl (C=O) groups excluding carboxylic acids is 1. The minimum atomic E-state index is 0.102. The lowest BCUT2D eigenvalue weighted by molar-refractivity contribution is -0.860. The van der Waals surface area contributed by atoms with Crippen molar-refractivity contribution >= 4 is 5.91 Å². The summed E-state index contributed by atoms with van der Waals surface area (Å²) in [5.41, 5.74) is 0. The topological polar surface area (TPSA) is 41.4 Å². The van der Waals surface area contributed by atoms with Crippen LogP contribution in [-0.4, -0.2) is 57.1 Å². The monoisotopic (exact) mass is 243 g/mol. The van der Waals surface area contributed by atoms with Crippen LogP contribution in [0.25, 0.3) is 0 Å². The zero-order valence-electron chi connectivity index (χ0n) is 11.7. The van der Waals surface area contributed by atoms with E-state index in [2.05, 4.69) is 19.4 Å². The van der Waals surface area contributed by atoms with Crippen molar-refractivity contribution in [3.63, 3.8) is 0 Å². The lowest BCUT2D eigenvalue weighted by Crippen LogP contribution is -3.06. The molecule has 4 heteroatoms. The van der Waals surface area contributed by atoms with Crippen LogP contribution in [0.1, 0.15) is 32.6 Å². The average Bonchev–Trinajstić information content (AvgIpc) is 2.34. The third-order valence-electron chi connectivity index (χ3n) is 3.46. The number of likely N-dealkylation sites (tertiary alicyclic amines) is 1. The van der Waals surface area contributed by atoms with Crippen LogP contribution in [-0.2, 0) is 4.79 Å². The molecule has 17 heavy (non-hydrogen) atoms. The quantitative estimate of drug-likeness (QED) is 0.547. The first-order valence-corrected chi connectivity index (χ1v) is 7.02. The molecule has 0 radical (unpaired) electrons. The van der Waals surface area contributed by atoms with E-state index in [-0.39, 0.29) is 6.04 Å². The maximum atomic E-state index is 12.1. The van der Waals surface area contributed by atoms with Crippen LogP contribution >= 0.6 is 0 Å². The van der Waals surface area contributed by atoms with Gasteiger partial charge in [0.2, 0.25) is 0 Å². The standard InChI is InChI=1S/C13H27N3O/c1-12(14-8-7-9-15(2)3)13(17)16-10-5-4-6-11-16/h12,14H,4-11H2,1-3H3/p+2/t12-/m0/s1. The molecule has 1 saturated heterocycles. The molecule has 1 fully saturated rings. The Morgan fingerprint density at radius 3 is 2.53 bits per heavy atom. The Balaban J connectivity index is 2.17. The van der Waals surface area contributed by atoms with Gasteiger partial charge in [-0.3, -0.25) is 4.79 Å².